The number of halogens is 1. The van der Waals surface area contributed by atoms with Crippen LogP contribution in [0.4, 0.5) is 5.69 Å². The van der Waals surface area contributed by atoms with Gasteiger partial charge in [0.15, 0.2) is 6.29 Å². The number of carbonyl (C=O) groups excluding carboxylic acids is 2. The number of carbonyl (C=O) groups is 2. The van der Waals surface area contributed by atoms with Crippen molar-refractivity contribution in [2.45, 2.75) is 0 Å². The zero-order valence-corrected chi connectivity index (χ0v) is 8.85. The Morgan fingerprint density at radius 3 is 2.62 bits per heavy atom. The van der Waals surface area contributed by atoms with Gasteiger partial charge in [0.05, 0.1) is 17.1 Å². The third kappa shape index (κ3) is 2.17. The van der Waals surface area contributed by atoms with Crippen molar-refractivity contribution in [1.82, 2.24) is 0 Å². The van der Waals surface area contributed by atoms with Gasteiger partial charge in [-0.3, -0.25) is 14.9 Å². The maximum absolute atomic E-state index is 11.2. The summed E-state index contributed by atoms with van der Waals surface area (Å²) >= 11 is 5.61. The Labute approximate surface area is 94.9 Å². The molecule has 0 atom stereocenters. The Kier molecular flexibility index (Phi) is 3.57. The van der Waals surface area contributed by atoms with E-state index >= 15 is 0 Å². The van der Waals surface area contributed by atoms with Gasteiger partial charge in [-0.05, 0) is 6.07 Å². The standard InChI is InChI=1S/C9H6ClNO5/c1-16-9(13)6-2-5(4-12)7(10)3-8(6)11(14)15/h2-4H,1H3. The number of nitro groups is 1. The van der Waals surface area contributed by atoms with E-state index in [2.05, 4.69) is 4.74 Å². The topological polar surface area (TPSA) is 86.5 Å². The molecule has 0 radical (unpaired) electrons. The minimum Gasteiger partial charge on any atom is -0.465 e. The summed E-state index contributed by atoms with van der Waals surface area (Å²) < 4.78 is 4.36. The molecule has 0 aliphatic carbocycles. The highest BCUT2D eigenvalue weighted by Gasteiger charge is 2.23. The summed E-state index contributed by atoms with van der Waals surface area (Å²) in [7, 11) is 1.08. The molecular formula is C9H6ClNO5. The molecular weight excluding hydrogens is 238 g/mol. The largest absolute Gasteiger partial charge is 0.465 e. The number of nitro benzene ring substituents is 1. The van der Waals surface area contributed by atoms with Gasteiger partial charge in [0, 0.05) is 11.6 Å². The van der Waals surface area contributed by atoms with Gasteiger partial charge in [0.25, 0.3) is 5.69 Å². The minimum atomic E-state index is -0.897. The first-order valence-corrected chi connectivity index (χ1v) is 4.40. The zero-order chi connectivity index (χ0) is 12.3. The molecule has 0 N–H and O–H groups in total. The first-order valence-electron chi connectivity index (χ1n) is 4.02. The lowest BCUT2D eigenvalue weighted by atomic mass is 10.1. The minimum absolute atomic E-state index is 0.00679. The van der Waals surface area contributed by atoms with E-state index in [1.807, 2.05) is 0 Å². The van der Waals surface area contributed by atoms with Crippen molar-refractivity contribution in [3.05, 3.63) is 38.4 Å². The van der Waals surface area contributed by atoms with Gasteiger partial charge in [-0.2, -0.15) is 0 Å². The summed E-state index contributed by atoms with van der Waals surface area (Å²) in [5.74, 6) is -0.897. The molecule has 1 rings (SSSR count). The molecule has 0 bridgehead atoms. The Bertz CT molecular complexity index is 471. The van der Waals surface area contributed by atoms with Gasteiger partial charge in [-0.1, -0.05) is 11.6 Å². The highest BCUT2D eigenvalue weighted by Crippen LogP contribution is 2.26. The third-order valence-electron chi connectivity index (χ3n) is 1.84. The molecule has 0 saturated carbocycles. The van der Waals surface area contributed by atoms with Crippen molar-refractivity contribution in [3.8, 4) is 0 Å². The van der Waals surface area contributed by atoms with Crippen molar-refractivity contribution < 1.29 is 19.2 Å². The van der Waals surface area contributed by atoms with Crippen molar-refractivity contribution in [2.24, 2.45) is 0 Å². The van der Waals surface area contributed by atoms with Crippen molar-refractivity contribution in [2.75, 3.05) is 7.11 Å². The maximum atomic E-state index is 11.2. The molecule has 0 spiro atoms. The summed E-state index contributed by atoms with van der Waals surface area (Å²) in [6.45, 7) is 0. The monoisotopic (exact) mass is 243 g/mol. The average Bonchev–Trinajstić information content (AvgIpc) is 2.27. The lowest BCUT2D eigenvalue weighted by Crippen LogP contribution is -2.06. The number of rotatable bonds is 3. The first-order chi connectivity index (χ1) is 7.51. The highest BCUT2D eigenvalue weighted by molar-refractivity contribution is 6.33. The number of hydrogen-bond acceptors (Lipinski definition) is 5. The SMILES string of the molecule is COC(=O)c1cc(C=O)c(Cl)cc1[N+](=O)[O-]. The Hall–Kier alpha value is -1.95. The van der Waals surface area contributed by atoms with Gasteiger partial charge < -0.3 is 4.74 Å². The zero-order valence-electron chi connectivity index (χ0n) is 8.10. The number of methoxy groups -OCH3 is 1. The van der Waals surface area contributed by atoms with E-state index in [1.165, 1.54) is 0 Å². The molecule has 1 aromatic carbocycles. The second-order valence-corrected chi connectivity index (χ2v) is 3.16. The lowest BCUT2D eigenvalue weighted by Gasteiger charge is -2.03. The van der Waals surface area contributed by atoms with Crippen molar-refractivity contribution in [1.29, 1.82) is 0 Å². The summed E-state index contributed by atoms with van der Waals surface area (Å²) in [4.78, 5) is 31.7. The normalized spacial score (nSPS) is 9.62. The highest BCUT2D eigenvalue weighted by atomic mass is 35.5. The van der Waals surface area contributed by atoms with Crippen LogP contribution in [0.1, 0.15) is 20.7 Å². The van der Waals surface area contributed by atoms with Crippen LogP contribution in [0.2, 0.25) is 5.02 Å². The quantitative estimate of drug-likeness (QED) is 0.350. The average molecular weight is 244 g/mol. The number of benzene rings is 1. The third-order valence-corrected chi connectivity index (χ3v) is 2.17. The van der Waals surface area contributed by atoms with E-state index in [4.69, 9.17) is 11.6 Å². The summed E-state index contributed by atoms with van der Waals surface area (Å²) in [6.07, 6.45) is 0.401. The van der Waals surface area contributed by atoms with Gasteiger partial charge in [0.1, 0.15) is 5.56 Å². The van der Waals surface area contributed by atoms with Crippen LogP contribution >= 0.6 is 11.6 Å². The Morgan fingerprint density at radius 1 is 1.56 bits per heavy atom. The van der Waals surface area contributed by atoms with E-state index in [0.717, 1.165) is 19.2 Å². The number of aldehydes is 1. The molecule has 7 heteroatoms. The van der Waals surface area contributed by atoms with E-state index in [0.29, 0.717) is 6.29 Å². The van der Waals surface area contributed by atoms with Crippen LogP contribution < -0.4 is 0 Å². The van der Waals surface area contributed by atoms with E-state index in [1.54, 1.807) is 0 Å². The van der Waals surface area contributed by atoms with Gasteiger partial charge in [-0.25, -0.2) is 4.79 Å². The molecule has 0 aliphatic heterocycles. The molecule has 0 fully saturated rings. The van der Waals surface area contributed by atoms with Crippen LogP contribution in [0, 0.1) is 10.1 Å². The van der Waals surface area contributed by atoms with Crippen LogP contribution in [0.15, 0.2) is 12.1 Å². The van der Waals surface area contributed by atoms with E-state index < -0.39 is 16.6 Å². The van der Waals surface area contributed by atoms with Crippen LogP contribution in [-0.2, 0) is 4.74 Å². The van der Waals surface area contributed by atoms with Crippen LogP contribution in [-0.4, -0.2) is 24.3 Å². The molecule has 6 nitrogen and oxygen atoms in total. The number of ether oxygens (including phenoxy) is 1. The molecule has 0 unspecified atom stereocenters. The fourth-order valence-corrected chi connectivity index (χ4v) is 1.30. The predicted molar refractivity (Wildman–Crippen MR) is 54.8 cm³/mol. The van der Waals surface area contributed by atoms with Gasteiger partial charge >= 0.3 is 5.97 Å². The Morgan fingerprint density at radius 2 is 2.19 bits per heavy atom. The molecule has 0 heterocycles. The number of nitrogens with zero attached hydrogens (tertiary/aromatic N) is 1. The Balaban J connectivity index is 3.48. The van der Waals surface area contributed by atoms with Crippen molar-refractivity contribution >= 4 is 29.5 Å². The lowest BCUT2D eigenvalue weighted by molar-refractivity contribution is -0.385. The fraction of sp³-hybridized carbons (Fsp3) is 0.111. The summed E-state index contributed by atoms with van der Waals surface area (Å²) in [5.41, 5.74) is -0.811. The molecule has 84 valence electrons. The number of esters is 1. The number of hydrogen-bond donors (Lipinski definition) is 0. The smallest absolute Gasteiger partial charge is 0.344 e. The molecule has 0 aliphatic rings. The molecule has 0 saturated heterocycles. The summed E-state index contributed by atoms with van der Waals surface area (Å²) in [6, 6.07) is 1.97. The van der Waals surface area contributed by atoms with Gasteiger partial charge in [-0.15, -0.1) is 0 Å². The maximum Gasteiger partial charge on any atom is 0.344 e. The fourth-order valence-electron chi connectivity index (χ4n) is 1.09. The van der Waals surface area contributed by atoms with Gasteiger partial charge in [0.2, 0.25) is 0 Å². The van der Waals surface area contributed by atoms with Crippen LogP contribution in [0.3, 0.4) is 0 Å². The second-order valence-electron chi connectivity index (χ2n) is 2.76. The van der Waals surface area contributed by atoms with E-state index in [9.17, 15) is 19.7 Å². The van der Waals surface area contributed by atoms with Crippen LogP contribution in [0.25, 0.3) is 0 Å². The predicted octanol–water partition coefficient (Wildman–Crippen LogP) is 1.85. The molecule has 1 aromatic rings. The molecule has 0 aromatic heterocycles. The first kappa shape index (κ1) is 12.1. The van der Waals surface area contributed by atoms with Crippen LogP contribution in [0.5, 0.6) is 0 Å². The molecule has 0 amide bonds. The second kappa shape index (κ2) is 4.71. The summed E-state index contributed by atoms with van der Waals surface area (Å²) in [5, 5.41) is 10.6. The van der Waals surface area contributed by atoms with Crippen molar-refractivity contribution in [3.63, 3.8) is 0 Å². The van der Waals surface area contributed by atoms with E-state index in [-0.39, 0.29) is 16.1 Å². The molecule has 16 heavy (non-hydrogen) atoms.